The number of hydrogen-bond donors (Lipinski definition) is 4. The van der Waals surface area contributed by atoms with E-state index >= 15 is 0 Å². The van der Waals surface area contributed by atoms with Gasteiger partial charge in [-0.25, -0.2) is 0 Å². The first-order chi connectivity index (χ1) is 17.2. The van der Waals surface area contributed by atoms with Crippen molar-refractivity contribution in [2.45, 2.75) is 0 Å². The van der Waals surface area contributed by atoms with Gasteiger partial charge in [-0.05, 0) is 24.3 Å². The molecule has 0 radical (unpaired) electrons. The van der Waals surface area contributed by atoms with Crippen LogP contribution in [0.25, 0.3) is 0 Å². The maximum atomic E-state index is 12.3. The molecule has 0 aliphatic heterocycles. The van der Waals surface area contributed by atoms with Crippen molar-refractivity contribution in [3.63, 3.8) is 0 Å². The van der Waals surface area contributed by atoms with Crippen LogP contribution in [0.3, 0.4) is 0 Å². The van der Waals surface area contributed by atoms with Gasteiger partial charge in [0.2, 0.25) is 0 Å². The molecule has 0 heterocycles. The van der Waals surface area contributed by atoms with E-state index in [1.165, 1.54) is 0 Å². The fourth-order valence-electron chi connectivity index (χ4n) is 4.55. The normalized spacial score (nSPS) is 13.1. The summed E-state index contributed by atoms with van der Waals surface area (Å²) in [6, 6.07) is 19.6. The number of anilines is 4. The molecule has 8 heteroatoms. The molecule has 8 N–H and O–H groups in total. The molecule has 0 fully saturated rings. The summed E-state index contributed by atoms with van der Waals surface area (Å²) in [7, 11) is 0. The van der Waals surface area contributed by atoms with E-state index in [2.05, 4.69) is 0 Å². The van der Waals surface area contributed by atoms with E-state index in [9.17, 15) is 19.2 Å². The van der Waals surface area contributed by atoms with Crippen LogP contribution in [0.5, 0.6) is 0 Å². The first-order valence-electron chi connectivity index (χ1n) is 10.9. The molecule has 0 unspecified atom stereocenters. The molecule has 8 nitrogen and oxygen atoms in total. The zero-order valence-corrected chi connectivity index (χ0v) is 18.9. The first kappa shape index (κ1) is 22.5. The quantitative estimate of drug-likeness (QED) is 0.242. The molecular weight excluding hydrogens is 456 g/mol. The number of hydrogen-bond acceptors (Lipinski definition) is 8. The van der Waals surface area contributed by atoms with Crippen LogP contribution in [0.2, 0.25) is 0 Å². The van der Waals surface area contributed by atoms with Crippen molar-refractivity contribution in [2.24, 2.45) is 0 Å². The lowest BCUT2D eigenvalue weighted by atomic mass is 9.82. The highest BCUT2D eigenvalue weighted by Crippen LogP contribution is 2.35. The largest absolute Gasteiger partial charge is 0.398 e. The van der Waals surface area contributed by atoms with Crippen LogP contribution in [0.4, 0.5) is 22.7 Å². The third kappa shape index (κ3) is 3.24. The third-order valence-electron chi connectivity index (χ3n) is 6.28. The monoisotopic (exact) mass is 476 g/mol. The summed E-state index contributed by atoms with van der Waals surface area (Å²) in [6.07, 6.45) is 0. The molecule has 36 heavy (non-hydrogen) atoms. The standard InChI is InChI=1S/2C14H10N2O2/c2*15-9-5-6-10(16)12-11(9)13(17)7-3-1-2-4-8(7)14(12)18/h2*1-6H,15-16H2. The SMILES string of the molecule is Nc1ccc(N)c2c1C(=O)c1ccccc1C2=O.Nc1ccc(N)c2c1C(=O)c1ccccc1C2=O. The van der Waals surface area contributed by atoms with Crippen LogP contribution < -0.4 is 22.9 Å². The zero-order chi connectivity index (χ0) is 25.7. The Bertz CT molecular complexity index is 1410. The Morgan fingerprint density at radius 1 is 0.333 bits per heavy atom. The highest BCUT2D eigenvalue weighted by molar-refractivity contribution is 6.32. The molecule has 6 rings (SSSR count). The lowest BCUT2D eigenvalue weighted by Gasteiger charge is -2.20. The van der Waals surface area contributed by atoms with Gasteiger partial charge in [0.25, 0.3) is 0 Å². The summed E-state index contributed by atoms with van der Waals surface area (Å²) in [5.41, 5.74) is 26.7. The fraction of sp³-hybridized carbons (Fsp3) is 0. The van der Waals surface area contributed by atoms with Crippen molar-refractivity contribution >= 4 is 45.9 Å². The van der Waals surface area contributed by atoms with Gasteiger partial charge in [0.15, 0.2) is 23.1 Å². The van der Waals surface area contributed by atoms with Gasteiger partial charge < -0.3 is 22.9 Å². The van der Waals surface area contributed by atoms with Crippen LogP contribution in [0.15, 0.2) is 72.8 Å². The zero-order valence-electron chi connectivity index (χ0n) is 18.9. The van der Waals surface area contributed by atoms with Crippen molar-refractivity contribution in [2.75, 3.05) is 22.9 Å². The van der Waals surface area contributed by atoms with Crippen LogP contribution in [0.1, 0.15) is 63.7 Å². The second-order valence-corrected chi connectivity index (χ2v) is 8.40. The summed E-state index contributed by atoms with van der Waals surface area (Å²) in [6.45, 7) is 0. The van der Waals surface area contributed by atoms with Crippen LogP contribution in [-0.2, 0) is 0 Å². The summed E-state index contributed by atoms with van der Waals surface area (Å²) < 4.78 is 0. The van der Waals surface area contributed by atoms with E-state index in [4.69, 9.17) is 22.9 Å². The van der Waals surface area contributed by atoms with Gasteiger partial charge in [0.05, 0.1) is 22.3 Å². The van der Waals surface area contributed by atoms with Crippen LogP contribution in [0, 0.1) is 0 Å². The molecule has 4 aromatic rings. The third-order valence-corrected chi connectivity index (χ3v) is 6.28. The Morgan fingerprint density at radius 2 is 0.528 bits per heavy atom. The van der Waals surface area contributed by atoms with E-state index in [1.54, 1.807) is 72.8 Å². The van der Waals surface area contributed by atoms with Crippen molar-refractivity contribution in [3.05, 3.63) is 117 Å². The predicted octanol–water partition coefficient (Wildman–Crippen LogP) is 3.25. The minimum Gasteiger partial charge on any atom is -0.398 e. The Balaban J connectivity index is 0.000000148. The number of nitrogens with two attached hydrogens (primary N) is 4. The second kappa shape index (κ2) is 8.21. The first-order valence-corrected chi connectivity index (χ1v) is 10.9. The molecule has 0 saturated carbocycles. The number of benzene rings is 4. The number of carbonyl (C=O) groups excluding carboxylic acids is 4. The fourth-order valence-corrected chi connectivity index (χ4v) is 4.55. The van der Waals surface area contributed by atoms with E-state index in [1.807, 2.05) is 0 Å². The van der Waals surface area contributed by atoms with Gasteiger partial charge in [0.1, 0.15) is 0 Å². The maximum absolute atomic E-state index is 12.3. The van der Waals surface area contributed by atoms with Gasteiger partial charge in [-0.15, -0.1) is 0 Å². The summed E-state index contributed by atoms with van der Waals surface area (Å²) >= 11 is 0. The molecule has 0 bridgehead atoms. The lowest BCUT2D eigenvalue weighted by Crippen LogP contribution is -2.23. The Hall–Kier alpha value is -5.24. The van der Waals surface area contributed by atoms with Gasteiger partial charge in [0, 0.05) is 45.0 Å². The molecule has 0 spiro atoms. The second-order valence-electron chi connectivity index (χ2n) is 8.40. The van der Waals surface area contributed by atoms with E-state index in [0.29, 0.717) is 22.3 Å². The highest BCUT2D eigenvalue weighted by atomic mass is 16.1. The average molecular weight is 476 g/mol. The number of nitrogen functional groups attached to an aromatic ring is 4. The lowest BCUT2D eigenvalue weighted by molar-refractivity contribution is 0.0980. The highest BCUT2D eigenvalue weighted by Gasteiger charge is 2.33. The average Bonchev–Trinajstić information content (AvgIpc) is 2.89. The minimum absolute atomic E-state index is 0.221. The Labute approximate surface area is 205 Å². The van der Waals surface area contributed by atoms with Gasteiger partial charge in [-0.3, -0.25) is 19.2 Å². The van der Waals surface area contributed by atoms with Crippen molar-refractivity contribution < 1.29 is 19.2 Å². The topological polar surface area (TPSA) is 172 Å². The van der Waals surface area contributed by atoms with Crippen molar-refractivity contribution in [3.8, 4) is 0 Å². The molecule has 176 valence electrons. The number of rotatable bonds is 0. The molecule has 4 aromatic carbocycles. The summed E-state index contributed by atoms with van der Waals surface area (Å²) in [5, 5.41) is 0. The number of fused-ring (bicyclic) bond motifs is 4. The molecule has 2 aliphatic rings. The maximum Gasteiger partial charge on any atom is 0.196 e. The molecular formula is C28H20N4O4. The van der Waals surface area contributed by atoms with Crippen LogP contribution in [-0.4, -0.2) is 23.1 Å². The molecule has 0 saturated heterocycles. The Morgan fingerprint density at radius 3 is 0.722 bits per heavy atom. The Kier molecular flexibility index (Phi) is 5.14. The van der Waals surface area contributed by atoms with E-state index in [0.717, 1.165) is 0 Å². The van der Waals surface area contributed by atoms with Gasteiger partial charge in [-0.1, -0.05) is 48.5 Å². The summed E-state index contributed by atoms with van der Waals surface area (Å²) in [5.74, 6) is -0.981. The molecule has 0 amide bonds. The minimum atomic E-state index is -0.245. The van der Waals surface area contributed by atoms with Gasteiger partial charge in [-0.2, -0.15) is 0 Å². The molecule has 0 aromatic heterocycles. The predicted molar refractivity (Wildman–Crippen MR) is 137 cm³/mol. The van der Waals surface area contributed by atoms with E-state index < -0.39 is 0 Å². The molecule has 2 aliphatic carbocycles. The number of carbonyl (C=O) groups is 4. The smallest absolute Gasteiger partial charge is 0.196 e. The van der Waals surface area contributed by atoms with Crippen molar-refractivity contribution in [1.29, 1.82) is 0 Å². The van der Waals surface area contributed by atoms with Crippen molar-refractivity contribution in [1.82, 2.24) is 0 Å². The summed E-state index contributed by atoms with van der Waals surface area (Å²) in [4.78, 5) is 49.4. The van der Waals surface area contributed by atoms with Gasteiger partial charge >= 0.3 is 0 Å². The number of ketones is 4. The van der Waals surface area contributed by atoms with Crippen LogP contribution >= 0.6 is 0 Å². The van der Waals surface area contributed by atoms with E-state index in [-0.39, 0.29) is 68.1 Å². The molecule has 0 atom stereocenters.